The van der Waals surface area contributed by atoms with E-state index in [1.165, 1.54) is 6.42 Å². The van der Waals surface area contributed by atoms with Gasteiger partial charge in [0.1, 0.15) is 0 Å². The van der Waals surface area contributed by atoms with Gasteiger partial charge in [0, 0.05) is 25.1 Å². The number of carbonyl (C=O) groups excluding carboxylic acids is 1. The second-order valence-electron chi connectivity index (χ2n) is 3.95. The number of hydrogen-bond donors (Lipinski definition) is 1. The van der Waals surface area contributed by atoms with E-state index in [1.54, 1.807) is 0 Å². The van der Waals surface area contributed by atoms with Crippen LogP contribution in [0.4, 0.5) is 0 Å². The Bertz CT molecular complexity index is 311. The van der Waals surface area contributed by atoms with Crippen LogP contribution in [0.3, 0.4) is 0 Å². The highest BCUT2D eigenvalue weighted by Crippen LogP contribution is 2.29. The monoisotopic (exact) mass is 193 g/mol. The summed E-state index contributed by atoms with van der Waals surface area (Å²) in [5, 5.41) is 9.61. The Morgan fingerprint density at radius 1 is 1.21 bits per heavy atom. The predicted octanol–water partition coefficient (Wildman–Crippen LogP) is 1.77. The highest BCUT2D eigenvalue weighted by atomic mass is 16.3. The number of piperidine rings is 1. The number of ketones is 1. The Hall–Kier alpha value is -1.25. The molecular formula is C11H15NO2. The lowest BCUT2D eigenvalue weighted by molar-refractivity contribution is -0.114. The summed E-state index contributed by atoms with van der Waals surface area (Å²) in [6, 6.07) is 0. The normalized spacial score (nSPS) is 23.6. The molecule has 0 atom stereocenters. The molecule has 0 aromatic rings. The van der Waals surface area contributed by atoms with E-state index in [0.717, 1.165) is 31.6 Å². The van der Waals surface area contributed by atoms with Crippen LogP contribution in [0.15, 0.2) is 23.6 Å². The summed E-state index contributed by atoms with van der Waals surface area (Å²) in [5.41, 5.74) is 1.31. The van der Waals surface area contributed by atoms with Crippen LogP contribution in [0.25, 0.3) is 0 Å². The molecular weight excluding hydrogens is 178 g/mol. The lowest BCUT2D eigenvalue weighted by atomic mass is 10.1. The molecule has 1 N–H and O–H groups in total. The third kappa shape index (κ3) is 1.43. The molecule has 1 aliphatic carbocycles. The molecule has 0 bridgehead atoms. The van der Waals surface area contributed by atoms with E-state index in [0.29, 0.717) is 12.0 Å². The number of Topliss-reactive ketones (excluding diaryl/α,β-unsaturated/α-hetero) is 1. The number of aliphatic hydroxyl groups excluding tert-OH is 1. The van der Waals surface area contributed by atoms with Crippen molar-refractivity contribution in [2.24, 2.45) is 0 Å². The lowest BCUT2D eigenvalue weighted by Gasteiger charge is -2.29. The van der Waals surface area contributed by atoms with Crippen LogP contribution in [0, 0.1) is 0 Å². The van der Waals surface area contributed by atoms with Crippen LogP contribution < -0.4 is 0 Å². The molecule has 0 radical (unpaired) electrons. The fraction of sp³-hybridized carbons (Fsp3) is 0.545. The zero-order valence-corrected chi connectivity index (χ0v) is 8.25. The van der Waals surface area contributed by atoms with Crippen molar-refractivity contribution in [1.29, 1.82) is 0 Å². The van der Waals surface area contributed by atoms with Gasteiger partial charge in [0.25, 0.3) is 0 Å². The summed E-state index contributed by atoms with van der Waals surface area (Å²) >= 11 is 0. The molecule has 0 aromatic carbocycles. The number of carbonyl (C=O) groups is 1. The standard InChI is InChI=1S/C11H15NO2/c1-8-7-9(11(14)10(8)13)12-5-3-2-4-6-12/h14H,1-7H2. The van der Waals surface area contributed by atoms with Gasteiger partial charge in [-0.15, -0.1) is 0 Å². The molecule has 2 aliphatic rings. The van der Waals surface area contributed by atoms with E-state index in [2.05, 4.69) is 11.5 Å². The number of rotatable bonds is 1. The Morgan fingerprint density at radius 3 is 2.36 bits per heavy atom. The van der Waals surface area contributed by atoms with Crippen molar-refractivity contribution in [2.75, 3.05) is 13.1 Å². The minimum Gasteiger partial charge on any atom is -0.503 e. The topological polar surface area (TPSA) is 40.5 Å². The molecule has 1 heterocycles. The molecule has 76 valence electrons. The van der Waals surface area contributed by atoms with Gasteiger partial charge < -0.3 is 10.0 Å². The quantitative estimate of drug-likeness (QED) is 0.645. The summed E-state index contributed by atoms with van der Waals surface area (Å²) in [6.07, 6.45) is 4.08. The minimum absolute atomic E-state index is 0.0723. The maximum atomic E-state index is 11.3. The second-order valence-corrected chi connectivity index (χ2v) is 3.95. The fourth-order valence-corrected chi connectivity index (χ4v) is 2.09. The van der Waals surface area contributed by atoms with Crippen molar-refractivity contribution in [2.45, 2.75) is 25.7 Å². The SMILES string of the molecule is C=C1CC(N2CCCCC2)=C(O)C1=O. The molecule has 0 amide bonds. The summed E-state index contributed by atoms with van der Waals surface area (Å²) in [5.74, 6) is -0.345. The average molecular weight is 193 g/mol. The van der Waals surface area contributed by atoms with E-state index in [9.17, 15) is 9.90 Å². The summed E-state index contributed by atoms with van der Waals surface area (Å²) < 4.78 is 0. The molecule has 0 saturated carbocycles. The Labute approximate surface area is 83.7 Å². The molecule has 3 nitrogen and oxygen atoms in total. The highest BCUT2D eigenvalue weighted by molar-refractivity contribution is 6.09. The molecule has 1 fully saturated rings. The van der Waals surface area contributed by atoms with Gasteiger partial charge in [-0.2, -0.15) is 0 Å². The largest absolute Gasteiger partial charge is 0.503 e. The van der Waals surface area contributed by atoms with Gasteiger partial charge in [0.15, 0.2) is 5.76 Å². The van der Waals surface area contributed by atoms with E-state index in [-0.39, 0.29) is 11.5 Å². The van der Waals surface area contributed by atoms with Crippen LogP contribution in [-0.4, -0.2) is 28.9 Å². The second kappa shape index (κ2) is 3.48. The summed E-state index contributed by atoms with van der Waals surface area (Å²) in [6.45, 7) is 5.57. The molecule has 1 saturated heterocycles. The van der Waals surface area contributed by atoms with E-state index < -0.39 is 0 Å². The van der Waals surface area contributed by atoms with Gasteiger partial charge in [-0.05, 0) is 19.3 Å². The number of nitrogens with zero attached hydrogens (tertiary/aromatic N) is 1. The molecule has 0 spiro atoms. The van der Waals surface area contributed by atoms with E-state index in [4.69, 9.17) is 0 Å². The first-order valence-electron chi connectivity index (χ1n) is 5.09. The highest BCUT2D eigenvalue weighted by Gasteiger charge is 2.30. The number of hydrogen-bond acceptors (Lipinski definition) is 3. The molecule has 14 heavy (non-hydrogen) atoms. The molecule has 1 aliphatic heterocycles. The maximum Gasteiger partial charge on any atom is 0.224 e. The molecule has 0 unspecified atom stereocenters. The number of allylic oxidation sites excluding steroid dienone is 2. The van der Waals surface area contributed by atoms with Crippen LogP contribution in [0.1, 0.15) is 25.7 Å². The smallest absolute Gasteiger partial charge is 0.224 e. The van der Waals surface area contributed by atoms with Gasteiger partial charge in [-0.3, -0.25) is 4.79 Å². The van der Waals surface area contributed by atoms with Crippen molar-refractivity contribution in [3.63, 3.8) is 0 Å². The molecule has 3 heteroatoms. The fourth-order valence-electron chi connectivity index (χ4n) is 2.09. The zero-order valence-electron chi connectivity index (χ0n) is 8.25. The van der Waals surface area contributed by atoms with E-state index in [1.807, 2.05) is 0 Å². The van der Waals surface area contributed by atoms with Crippen LogP contribution in [0.5, 0.6) is 0 Å². The molecule has 0 aromatic heterocycles. The van der Waals surface area contributed by atoms with Crippen molar-refractivity contribution in [3.05, 3.63) is 23.6 Å². The minimum atomic E-state index is -0.273. The van der Waals surface area contributed by atoms with Gasteiger partial charge in [-0.1, -0.05) is 6.58 Å². The summed E-state index contributed by atoms with van der Waals surface area (Å²) in [7, 11) is 0. The first-order valence-corrected chi connectivity index (χ1v) is 5.09. The Balaban J connectivity index is 2.17. The summed E-state index contributed by atoms with van der Waals surface area (Å²) in [4.78, 5) is 13.4. The van der Waals surface area contributed by atoms with Crippen molar-refractivity contribution >= 4 is 5.78 Å². The van der Waals surface area contributed by atoms with Crippen molar-refractivity contribution in [3.8, 4) is 0 Å². The first kappa shape index (κ1) is 9.31. The zero-order chi connectivity index (χ0) is 10.1. The number of aliphatic hydroxyl groups is 1. The van der Waals surface area contributed by atoms with Gasteiger partial charge in [0.2, 0.25) is 5.78 Å². The first-order chi connectivity index (χ1) is 6.70. The van der Waals surface area contributed by atoms with Gasteiger partial charge >= 0.3 is 0 Å². The Morgan fingerprint density at radius 2 is 1.86 bits per heavy atom. The predicted molar refractivity (Wildman–Crippen MR) is 53.8 cm³/mol. The third-order valence-corrected chi connectivity index (χ3v) is 2.93. The third-order valence-electron chi connectivity index (χ3n) is 2.93. The van der Waals surface area contributed by atoms with Crippen LogP contribution in [0.2, 0.25) is 0 Å². The van der Waals surface area contributed by atoms with Crippen molar-refractivity contribution < 1.29 is 9.90 Å². The number of likely N-dealkylation sites (tertiary alicyclic amines) is 1. The van der Waals surface area contributed by atoms with Crippen LogP contribution >= 0.6 is 0 Å². The maximum absolute atomic E-state index is 11.3. The average Bonchev–Trinajstić information content (AvgIpc) is 2.47. The Kier molecular flexibility index (Phi) is 2.32. The van der Waals surface area contributed by atoms with E-state index >= 15 is 0 Å². The van der Waals surface area contributed by atoms with Crippen molar-refractivity contribution in [1.82, 2.24) is 4.90 Å². The van der Waals surface area contributed by atoms with Gasteiger partial charge in [-0.25, -0.2) is 0 Å². The van der Waals surface area contributed by atoms with Gasteiger partial charge in [0.05, 0.1) is 5.70 Å². The molecule has 2 rings (SSSR count). The lowest BCUT2D eigenvalue weighted by Crippen LogP contribution is -2.29. The van der Waals surface area contributed by atoms with Crippen LogP contribution in [-0.2, 0) is 4.79 Å².